The molecule has 0 radical (unpaired) electrons. The third-order valence-corrected chi connectivity index (χ3v) is 6.11. The molecule has 2 amide bonds. The number of benzene rings is 1. The maximum Gasteiger partial charge on any atom is 0.227 e. The summed E-state index contributed by atoms with van der Waals surface area (Å²) in [7, 11) is 0. The molecule has 1 aromatic rings. The predicted octanol–water partition coefficient (Wildman–Crippen LogP) is 4.12. The lowest BCUT2D eigenvalue weighted by atomic mass is 9.76. The molecule has 2 heterocycles. The van der Waals surface area contributed by atoms with Crippen molar-refractivity contribution in [3.63, 3.8) is 0 Å². The van der Waals surface area contributed by atoms with Gasteiger partial charge < -0.3 is 14.5 Å². The minimum Gasteiger partial charge on any atom is -0.493 e. The predicted molar refractivity (Wildman–Crippen MR) is 115 cm³/mol. The second-order valence-corrected chi connectivity index (χ2v) is 9.80. The van der Waals surface area contributed by atoms with Gasteiger partial charge in [0.1, 0.15) is 5.75 Å². The summed E-state index contributed by atoms with van der Waals surface area (Å²) in [6, 6.07) is 9.77. The van der Waals surface area contributed by atoms with Crippen LogP contribution in [0.2, 0.25) is 0 Å². The third-order valence-electron chi connectivity index (χ3n) is 6.11. The summed E-state index contributed by atoms with van der Waals surface area (Å²) in [5.41, 5.74) is -0.746. The van der Waals surface area contributed by atoms with Gasteiger partial charge in [0.05, 0.1) is 6.61 Å². The van der Waals surface area contributed by atoms with Crippen molar-refractivity contribution in [2.45, 2.75) is 59.3 Å². The smallest absolute Gasteiger partial charge is 0.227 e. The second-order valence-electron chi connectivity index (χ2n) is 9.80. The molecule has 2 fully saturated rings. The molecule has 5 heteroatoms. The van der Waals surface area contributed by atoms with Gasteiger partial charge in [0.25, 0.3) is 0 Å². The maximum atomic E-state index is 13.1. The number of carbonyl (C=O) groups is 2. The molecule has 160 valence electrons. The summed E-state index contributed by atoms with van der Waals surface area (Å²) in [5.74, 6) is 1.19. The summed E-state index contributed by atoms with van der Waals surface area (Å²) in [6.07, 6.45) is 5.66. The number of ether oxygens (including phenoxy) is 1. The summed E-state index contributed by atoms with van der Waals surface area (Å²) in [5, 5.41) is 0. The molecule has 0 aliphatic carbocycles. The Kier molecular flexibility index (Phi) is 6.86. The number of hydrogen-bond acceptors (Lipinski definition) is 3. The fourth-order valence-corrected chi connectivity index (χ4v) is 4.50. The Morgan fingerprint density at radius 1 is 0.966 bits per heavy atom. The lowest BCUT2D eigenvalue weighted by Crippen LogP contribution is -2.53. The van der Waals surface area contributed by atoms with Crippen molar-refractivity contribution in [1.29, 1.82) is 0 Å². The molecule has 3 rings (SSSR count). The van der Waals surface area contributed by atoms with E-state index >= 15 is 0 Å². The first-order valence-corrected chi connectivity index (χ1v) is 11.0. The Balaban J connectivity index is 1.76. The van der Waals surface area contributed by atoms with Crippen LogP contribution in [0.4, 0.5) is 0 Å². The number of nitrogens with zero attached hydrogens (tertiary/aromatic N) is 2. The van der Waals surface area contributed by atoms with E-state index in [9.17, 15) is 9.59 Å². The number of piperidine rings is 2. The van der Waals surface area contributed by atoms with Gasteiger partial charge in [-0.05, 0) is 44.2 Å². The number of hydrogen-bond donors (Lipinski definition) is 0. The van der Waals surface area contributed by atoms with Crippen LogP contribution in [0.1, 0.15) is 59.3 Å². The van der Waals surface area contributed by atoms with Gasteiger partial charge in [-0.3, -0.25) is 9.59 Å². The molecule has 0 aromatic heterocycles. The standard InChI is InChI=1S/C24H36N2O3/c1-23(2,3)22(28)26-16-10-13-24(18-26,19-29-20-11-6-4-7-12-20)17-21(27)25-14-8-5-9-15-25/h4,6-7,11-12H,5,8-10,13-19H2,1-3H3. The minimum absolute atomic E-state index is 0.159. The molecular formula is C24H36N2O3. The third kappa shape index (κ3) is 5.74. The monoisotopic (exact) mass is 400 g/mol. The number of carbonyl (C=O) groups excluding carboxylic acids is 2. The SMILES string of the molecule is CC(C)(C)C(=O)N1CCCC(COc2ccccc2)(CC(=O)N2CCCCC2)C1. The van der Waals surface area contributed by atoms with E-state index in [4.69, 9.17) is 4.74 Å². The highest BCUT2D eigenvalue weighted by atomic mass is 16.5. The van der Waals surface area contributed by atoms with Gasteiger partial charge >= 0.3 is 0 Å². The van der Waals surface area contributed by atoms with E-state index in [1.54, 1.807) is 0 Å². The number of amides is 2. The summed E-state index contributed by atoms with van der Waals surface area (Å²) < 4.78 is 6.14. The highest BCUT2D eigenvalue weighted by Crippen LogP contribution is 2.37. The van der Waals surface area contributed by atoms with Crippen molar-refractivity contribution in [3.8, 4) is 5.75 Å². The minimum atomic E-state index is -0.416. The molecular weight excluding hydrogens is 364 g/mol. The van der Waals surface area contributed by atoms with Crippen LogP contribution in [-0.4, -0.2) is 54.4 Å². The van der Waals surface area contributed by atoms with Crippen LogP contribution in [0, 0.1) is 10.8 Å². The first kappa shape index (κ1) is 21.7. The van der Waals surface area contributed by atoms with E-state index in [0.717, 1.165) is 51.1 Å². The van der Waals surface area contributed by atoms with E-state index in [2.05, 4.69) is 0 Å². The normalized spacial score (nSPS) is 23.0. The van der Waals surface area contributed by atoms with Crippen molar-refractivity contribution in [2.75, 3.05) is 32.8 Å². The first-order valence-electron chi connectivity index (χ1n) is 11.0. The van der Waals surface area contributed by atoms with Gasteiger partial charge in [-0.15, -0.1) is 0 Å². The fraction of sp³-hybridized carbons (Fsp3) is 0.667. The molecule has 0 saturated carbocycles. The molecule has 1 unspecified atom stereocenters. The molecule has 5 nitrogen and oxygen atoms in total. The van der Waals surface area contributed by atoms with Crippen molar-refractivity contribution in [1.82, 2.24) is 9.80 Å². The maximum absolute atomic E-state index is 13.1. The summed E-state index contributed by atoms with van der Waals surface area (Å²) in [6.45, 7) is 9.43. The zero-order valence-electron chi connectivity index (χ0n) is 18.3. The Morgan fingerprint density at radius 3 is 2.28 bits per heavy atom. The largest absolute Gasteiger partial charge is 0.493 e. The van der Waals surface area contributed by atoms with E-state index in [-0.39, 0.29) is 17.2 Å². The fourth-order valence-electron chi connectivity index (χ4n) is 4.50. The van der Waals surface area contributed by atoms with E-state index in [0.29, 0.717) is 19.6 Å². The van der Waals surface area contributed by atoms with Gasteiger partial charge in [0.2, 0.25) is 11.8 Å². The summed E-state index contributed by atoms with van der Waals surface area (Å²) in [4.78, 5) is 30.1. The molecule has 2 aliphatic heterocycles. The quantitative estimate of drug-likeness (QED) is 0.747. The van der Waals surface area contributed by atoms with Crippen LogP contribution in [0.3, 0.4) is 0 Å². The number of para-hydroxylation sites is 1. The van der Waals surface area contributed by atoms with E-state index in [1.807, 2.05) is 60.9 Å². The Morgan fingerprint density at radius 2 is 1.62 bits per heavy atom. The van der Waals surface area contributed by atoms with Gasteiger partial charge in [0, 0.05) is 43.4 Å². The van der Waals surface area contributed by atoms with Crippen molar-refractivity contribution >= 4 is 11.8 Å². The molecule has 2 aliphatic rings. The molecule has 2 saturated heterocycles. The van der Waals surface area contributed by atoms with Crippen LogP contribution >= 0.6 is 0 Å². The van der Waals surface area contributed by atoms with Crippen LogP contribution in [0.5, 0.6) is 5.75 Å². The van der Waals surface area contributed by atoms with Gasteiger partial charge in [-0.2, -0.15) is 0 Å². The van der Waals surface area contributed by atoms with Gasteiger partial charge in [-0.25, -0.2) is 0 Å². The Labute approximate surface area is 175 Å². The molecule has 0 bridgehead atoms. The van der Waals surface area contributed by atoms with Crippen molar-refractivity contribution < 1.29 is 14.3 Å². The average Bonchev–Trinajstić information content (AvgIpc) is 2.73. The lowest BCUT2D eigenvalue weighted by molar-refractivity contribution is -0.147. The molecule has 0 spiro atoms. The van der Waals surface area contributed by atoms with Crippen LogP contribution < -0.4 is 4.74 Å². The van der Waals surface area contributed by atoms with Gasteiger partial charge in [0.15, 0.2) is 0 Å². The Hall–Kier alpha value is -2.04. The zero-order valence-corrected chi connectivity index (χ0v) is 18.3. The van der Waals surface area contributed by atoms with E-state index in [1.165, 1.54) is 6.42 Å². The molecule has 1 atom stereocenters. The second kappa shape index (κ2) is 9.19. The highest BCUT2D eigenvalue weighted by Gasteiger charge is 2.42. The van der Waals surface area contributed by atoms with Crippen LogP contribution in [-0.2, 0) is 9.59 Å². The average molecular weight is 401 g/mol. The van der Waals surface area contributed by atoms with Crippen molar-refractivity contribution in [2.24, 2.45) is 10.8 Å². The molecule has 29 heavy (non-hydrogen) atoms. The van der Waals surface area contributed by atoms with Crippen LogP contribution in [0.15, 0.2) is 30.3 Å². The van der Waals surface area contributed by atoms with Crippen molar-refractivity contribution in [3.05, 3.63) is 30.3 Å². The molecule has 0 N–H and O–H groups in total. The molecule has 1 aromatic carbocycles. The topological polar surface area (TPSA) is 49.9 Å². The summed E-state index contributed by atoms with van der Waals surface area (Å²) >= 11 is 0. The first-order chi connectivity index (χ1) is 13.8. The number of rotatable bonds is 5. The zero-order chi connectivity index (χ0) is 20.9. The number of likely N-dealkylation sites (tertiary alicyclic amines) is 2. The van der Waals surface area contributed by atoms with Gasteiger partial charge in [-0.1, -0.05) is 39.0 Å². The Bertz CT molecular complexity index is 692. The lowest BCUT2D eigenvalue weighted by Gasteiger charge is -2.44. The van der Waals surface area contributed by atoms with Crippen LogP contribution in [0.25, 0.3) is 0 Å². The van der Waals surface area contributed by atoms with E-state index < -0.39 is 5.41 Å². The highest BCUT2D eigenvalue weighted by molar-refractivity contribution is 5.82.